The molecule has 1 aromatic heterocycles. The minimum absolute atomic E-state index is 0.108. The average molecular weight is 540 g/mol. The van der Waals surface area contributed by atoms with E-state index in [2.05, 4.69) is 10.3 Å². The van der Waals surface area contributed by atoms with Crippen LogP contribution in [0, 0.1) is 11.6 Å². The number of halogens is 5. The molecule has 6 nitrogen and oxygen atoms in total. The SMILES string of the molecule is C[C@H]1CNCCN1c1nc(=O)n2c3c(c(-c4ccc(F)cc4F)c(C(F)(F)F)cc13)S[C@@H](CN(C)C)C2. The predicted molar refractivity (Wildman–Crippen MR) is 134 cm³/mol. The van der Waals surface area contributed by atoms with Crippen LogP contribution in [0.1, 0.15) is 12.5 Å². The number of anilines is 1. The van der Waals surface area contributed by atoms with E-state index in [1.165, 1.54) is 16.3 Å². The maximum Gasteiger partial charge on any atom is 0.417 e. The summed E-state index contributed by atoms with van der Waals surface area (Å²) >= 11 is 1.19. The lowest BCUT2D eigenvalue weighted by Crippen LogP contribution is -2.51. The molecule has 2 aromatic carbocycles. The highest BCUT2D eigenvalue weighted by Crippen LogP contribution is 2.50. The maximum absolute atomic E-state index is 15.0. The lowest BCUT2D eigenvalue weighted by molar-refractivity contribution is -0.137. The van der Waals surface area contributed by atoms with Gasteiger partial charge in [0.2, 0.25) is 0 Å². The zero-order valence-corrected chi connectivity index (χ0v) is 21.3. The van der Waals surface area contributed by atoms with Crippen LogP contribution in [-0.2, 0) is 12.7 Å². The number of hydrogen-bond donors (Lipinski definition) is 1. The van der Waals surface area contributed by atoms with Gasteiger partial charge in [-0.25, -0.2) is 13.6 Å². The van der Waals surface area contributed by atoms with Crippen LogP contribution in [0.4, 0.5) is 27.8 Å². The Labute approximate surface area is 214 Å². The first-order valence-electron chi connectivity index (χ1n) is 11.9. The van der Waals surface area contributed by atoms with Gasteiger partial charge < -0.3 is 15.1 Å². The van der Waals surface area contributed by atoms with Gasteiger partial charge in [0.15, 0.2) is 0 Å². The summed E-state index contributed by atoms with van der Waals surface area (Å²) in [5, 5.41) is 3.13. The van der Waals surface area contributed by atoms with Crippen LogP contribution in [0.2, 0.25) is 0 Å². The van der Waals surface area contributed by atoms with Crippen molar-refractivity contribution in [2.75, 3.05) is 45.2 Å². The van der Waals surface area contributed by atoms with Crippen LogP contribution in [0.25, 0.3) is 22.0 Å². The summed E-state index contributed by atoms with van der Waals surface area (Å²) in [7, 11) is 3.66. The monoisotopic (exact) mass is 539 g/mol. The Hall–Kier alpha value is -2.70. The van der Waals surface area contributed by atoms with Crippen LogP contribution in [0.5, 0.6) is 0 Å². The van der Waals surface area contributed by atoms with Crippen molar-refractivity contribution in [1.29, 1.82) is 0 Å². The molecule has 0 spiro atoms. The van der Waals surface area contributed by atoms with Crippen molar-refractivity contribution in [1.82, 2.24) is 19.8 Å². The van der Waals surface area contributed by atoms with Gasteiger partial charge >= 0.3 is 11.9 Å². The molecule has 2 atom stereocenters. The summed E-state index contributed by atoms with van der Waals surface area (Å²) in [4.78, 5) is 21.5. The van der Waals surface area contributed by atoms with Gasteiger partial charge in [-0.2, -0.15) is 18.2 Å². The summed E-state index contributed by atoms with van der Waals surface area (Å²) in [6.45, 7) is 4.27. The number of benzene rings is 2. The second-order valence-corrected chi connectivity index (χ2v) is 11.0. The van der Waals surface area contributed by atoms with Crippen molar-refractivity contribution in [3.8, 4) is 11.1 Å². The predicted octanol–water partition coefficient (Wildman–Crippen LogP) is 4.19. The smallest absolute Gasteiger partial charge is 0.351 e. The van der Waals surface area contributed by atoms with Crippen molar-refractivity contribution in [3.63, 3.8) is 0 Å². The van der Waals surface area contributed by atoms with Gasteiger partial charge in [0.05, 0.1) is 11.1 Å². The van der Waals surface area contributed by atoms with Crippen molar-refractivity contribution in [2.45, 2.75) is 35.8 Å². The highest BCUT2D eigenvalue weighted by molar-refractivity contribution is 8.00. The van der Waals surface area contributed by atoms with Gasteiger partial charge in [-0.15, -0.1) is 11.8 Å². The number of hydrogen-bond acceptors (Lipinski definition) is 6. The molecule has 0 saturated carbocycles. The third kappa shape index (κ3) is 4.70. The fourth-order valence-electron chi connectivity index (χ4n) is 5.14. The first-order chi connectivity index (χ1) is 17.5. The van der Waals surface area contributed by atoms with E-state index in [9.17, 15) is 22.4 Å². The van der Waals surface area contributed by atoms with E-state index in [0.29, 0.717) is 37.8 Å². The zero-order valence-electron chi connectivity index (χ0n) is 20.5. The quantitative estimate of drug-likeness (QED) is 0.502. The van der Waals surface area contributed by atoms with Crippen molar-refractivity contribution >= 4 is 28.5 Å². The second kappa shape index (κ2) is 9.55. The minimum atomic E-state index is -4.84. The molecule has 12 heteroatoms. The lowest BCUT2D eigenvalue weighted by Gasteiger charge is -2.37. The Balaban J connectivity index is 1.90. The molecule has 2 aliphatic rings. The van der Waals surface area contributed by atoms with E-state index >= 15 is 4.39 Å². The standard InChI is InChI=1S/C25H26F5N5OS/c1-13-10-31-6-7-34(13)23-17-9-18(25(28,29)30)20(16-5-4-14(26)8-19(16)27)22-21(17)35(24(36)32-23)12-15(37-22)11-33(2)3/h4-5,8-9,13,15,31H,6-7,10-12H2,1-3H3/t13-,15-/m0/s1. The molecule has 1 saturated heterocycles. The first-order valence-corrected chi connectivity index (χ1v) is 12.8. The molecule has 2 aliphatic heterocycles. The number of thioether (sulfide) groups is 1. The summed E-state index contributed by atoms with van der Waals surface area (Å²) < 4.78 is 74.0. The molecular formula is C25H26F5N5OS. The number of piperazine rings is 1. The Morgan fingerprint density at radius 1 is 1.22 bits per heavy atom. The topological polar surface area (TPSA) is 53.4 Å². The van der Waals surface area contributed by atoms with Crippen molar-refractivity contribution < 1.29 is 22.0 Å². The molecule has 1 fully saturated rings. The summed E-state index contributed by atoms with van der Waals surface area (Å²) in [5.74, 6) is -1.80. The van der Waals surface area contributed by atoms with Crippen LogP contribution in [0.15, 0.2) is 34.0 Å². The van der Waals surface area contributed by atoms with E-state index in [0.717, 1.165) is 18.2 Å². The minimum Gasteiger partial charge on any atom is -0.351 e. The third-order valence-electron chi connectivity index (χ3n) is 6.72. The highest BCUT2D eigenvalue weighted by Gasteiger charge is 2.40. The largest absolute Gasteiger partial charge is 0.417 e. The molecule has 0 bridgehead atoms. The summed E-state index contributed by atoms with van der Waals surface area (Å²) in [5.41, 5.74) is -2.06. The van der Waals surface area contributed by atoms with Gasteiger partial charge in [-0.05, 0) is 39.2 Å². The van der Waals surface area contributed by atoms with Crippen LogP contribution in [0.3, 0.4) is 0 Å². The number of alkyl halides is 3. The van der Waals surface area contributed by atoms with Gasteiger partial charge in [-0.1, -0.05) is 0 Å². The number of aromatic nitrogens is 2. The number of rotatable bonds is 4. The normalized spacial score (nSPS) is 20.2. The van der Waals surface area contributed by atoms with Crippen molar-refractivity contribution in [3.05, 3.63) is 51.9 Å². The summed E-state index contributed by atoms with van der Waals surface area (Å²) in [6, 6.07) is 3.40. The fourth-order valence-corrected chi connectivity index (χ4v) is 6.74. The van der Waals surface area contributed by atoms with E-state index in [1.54, 1.807) is 0 Å². The van der Waals surface area contributed by atoms with Crippen LogP contribution in [-0.4, -0.2) is 66.0 Å². The molecule has 0 unspecified atom stereocenters. The molecular weight excluding hydrogens is 513 g/mol. The fraction of sp³-hybridized carbons (Fsp3) is 0.440. The van der Waals surface area contributed by atoms with Crippen molar-refractivity contribution in [2.24, 2.45) is 0 Å². The van der Waals surface area contributed by atoms with E-state index in [1.807, 2.05) is 30.8 Å². The average Bonchev–Trinajstić information content (AvgIpc) is 2.80. The first kappa shape index (κ1) is 25.9. The molecule has 0 aliphatic carbocycles. The Morgan fingerprint density at radius 2 is 1.97 bits per heavy atom. The third-order valence-corrected chi connectivity index (χ3v) is 7.98. The van der Waals surface area contributed by atoms with E-state index < -0.39 is 29.1 Å². The second-order valence-electron chi connectivity index (χ2n) is 9.72. The lowest BCUT2D eigenvalue weighted by atomic mass is 9.95. The number of nitrogens with one attached hydrogen (secondary N) is 1. The molecule has 1 N–H and O–H groups in total. The molecule has 37 heavy (non-hydrogen) atoms. The Kier molecular flexibility index (Phi) is 6.70. The van der Waals surface area contributed by atoms with Crippen LogP contribution < -0.4 is 15.9 Å². The van der Waals surface area contributed by atoms with Gasteiger partial charge in [-0.3, -0.25) is 4.57 Å². The zero-order chi connectivity index (χ0) is 26.6. The van der Waals surface area contributed by atoms with Gasteiger partial charge in [0.25, 0.3) is 0 Å². The molecule has 3 aromatic rings. The van der Waals surface area contributed by atoms with Gasteiger partial charge in [0.1, 0.15) is 17.5 Å². The van der Waals surface area contributed by atoms with Gasteiger partial charge in [0, 0.05) is 71.5 Å². The summed E-state index contributed by atoms with van der Waals surface area (Å²) in [6.07, 6.45) is -4.84. The molecule has 0 amide bonds. The molecule has 198 valence electrons. The Morgan fingerprint density at radius 3 is 2.62 bits per heavy atom. The van der Waals surface area contributed by atoms with E-state index in [-0.39, 0.29) is 45.1 Å². The Bertz CT molecular complexity index is 1420. The van der Waals surface area contributed by atoms with E-state index in [4.69, 9.17) is 0 Å². The van der Waals surface area contributed by atoms with Crippen LogP contribution >= 0.6 is 11.8 Å². The highest BCUT2D eigenvalue weighted by atomic mass is 32.2. The molecule has 3 heterocycles. The molecule has 0 radical (unpaired) electrons. The number of nitrogens with zero attached hydrogens (tertiary/aromatic N) is 4. The maximum atomic E-state index is 15.0. The molecule has 5 rings (SSSR count).